The number of hydrogen-bond donors (Lipinski definition) is 1. The lowest BCUT2D eigenvalue weighted by atomic mass is 10.0. The van der Waals surface area contributed by atoms with E-state index in [-0.39, 0.29) is 22.9 Å². The zero-order valence-corrected chi connectivity index (χ0v) is 22.6. The second-order valence-corrected chi connectivity index (χ2v) is 11.1. The molecule has 3 aromatic heterocycles. The Hall–Kier alpha value is -4.41. The van der Waals surface area contributed by atoms with Crippen LogP contribution in [0.4, 0.5) is 18.9 Å². The average molecular weight is 577 g/mol. The zero-order valence-electron chi connectivity index (χ0n) is 22.6. The topological polar surface area (TPSA) is 102 Å². The number of alkyl halides is 3. The van der Waals surface area contributed by atoms with Crippen LogP contribution in [0.5, 0.6) is 5.75 Å². The third-order valence-electron chi connectivity index (χ3n) is 8.42. The highest BCUT2D eigenvalue weighted by Crippen LogP contribution is 2.54. The summed E-state index contributed by atoms with van der Waals surface area (Å²) in [6.45, 7) is 3.92. The molecule has 0 radical (unpaired) electrons. The summed E-state index contributed by atoms with van der Waals surface area (Å²) >= 11 is 0. The number of ether oxygens (including phenoxy) is 1. The van der Waals surface area contributed by atoms with Crippen LogP contribution in [-0.2, 0) is 6.18 Å². The van der Waals surface area contributed by atoms with Crippen LogP contribution in [0.3, 0.4) is 0 Å². The van der Waals surface area contributed by atoms with Gasteiger partial charge in [0.1, 0.15) is 17.2 Å². The van der Waals surface area contributed by atoms with Crippen LogP contribution in [-0.4, -0.2) is 45.9 Å². The molecule has 7 rings (SSSR count). The highest BCUT2D eigenvalue weighted by molar-refractivity contribution is 5.94. The molecule has 8 nitrogen and oxygen atoms in total. The van der Waals surface area contributed by atoms with Crippen LogP contribution in [0.1, 0.15) is 53.2 Å². The molecule has 1 aliphatic heterocycles. The van der Waals surface area contributed by atoms with Crippen molar-refractivity contribution in [3.05, 3.63) is 71.4 Å². The number of rotatable bonds is 8. The van der Waals surface area contributed by atoms with Crippen LogP contribution in [0, 0.1) is 17.8 Å². The highest BCUT2D eigenvalue weighted by atomic mass is 19.4. The standard InChI is InChI=1S/C31H27F3N4O4/c1-2-41-26-13-25(30(39)40)36-24-10-7-17(12-21(24)26)38-14-22-18(23(22)15-38)8-9-19-27(37-42-28(19)16-5-6-16)20-4-3-11-35-29(20)31(32,33)34/h3-4,7-13,16,18,22-23H,2,5-6,14-15H2,1H3,(H,39,40). The molecule has 2 aliphatic carbocycles. The van der Waals surface area contributed by atoms with Crippen molar-refractivity contribution in [2.24, 2.45) is 17.8 Å². The fourth-order valence-corrected chi connectivity index (χ4v) is 6.17. The third kappa shape index (κ3) is 4.66. The Bertz CT molecular complexity index is 1720. The fourth-order valence-electron chi connectivity index (χ4n) is 6.17. The first-order chi connectivity index (χ1) is 20.2. The molecule has 4 aromatic rings. The molecule has 2 atom stereocenters. The third-order valence-corrected chi connectivity index (χ3v) is 8.42. The van der Waals surface area contributed by atoms with E-state index >= 15 is 0 Å². The predicted molar refractivity (Wildman–Crippen MR) is 148 cm³/mol. The number of benzene rings is 1. The van der Waals surface area contributed by atoms with Gasteiger partial charge in [-0.15, -0.1) is 0 Å². The number of carbonyl (C=O) groups is 1. The Morgan fingerprint density at radius 2 is 1.98 bits per heavy atom. The summed E-state index contributed by atoms with van der Waals surface area (Å²) < 4.78 is 52.5. The number of allylic oxidation sites excluding steroid dienone is 1. The van der Waals surface area contributed by atoms with Crippen molar-refractivity contribution in [1.29, 1.82) is 0 Å². The number of halogens is 3. The molecule has 0 amide bonds. The lowest BCUT2D eigenvalue weighted by Gasteiger charge is -2.22. The molecule has 3 fully saturated rings. The number of pyridine rings is 2. The second kappa shape index (κ2) is 9.85. The number of piperidine rings is 1. The van der Waals surface area contributed by atoms with Gasteiger partial charge in [-0.1, -0.05) is 17.3 Å². The lowest BCUT2D eigenvalue weighted by molar-refractivity contribution is -0.140. The first-order valence-electron chi connectivity index (χ1n) is 14.0. The molecule has 1 saturated heterocycles. The number of hydrogen-bond acceptors (Lipinski definition) is 7. The molecule has 2 unspecified atom stereocenters. The Labute approximate surface area is 238 Å². The van der Waals surface area contributed by atoms with Gasteiger partial charge < -0.3 is 19.3 Å². The summed E-state index contributed by atoms with van der Waals surface area (Å²) in [5.41, 5.74) is 1.27. The molecule has 3 aliphatic rings. The van der Waals surface area contributed by atoms with E-state index in [9.17, 15) is 23.1 Å². The first kappa shape index (κ1) is 26.5. The van der Waals surface area contributed by atoms with Gasteiger partial charge in [0, 0.05) is 53.5 Å². The molecule has 1 aromatic carbocycles. The summed E-state index contributed by atoms with van der Waals surface area (Å²) in [5, 5.41) is 14.2. The number of fused-ring (bicyclic) bond motifs is 2. The van der Waals surface area contributed by atoms with Crippen LogP contribution in [0.15, 0.2) is 53.2 Å². The summed E-state index contributed by atoms with van der Waals surface area (Å²) in [6, 6.07) is 10.1. The average Bonchev–Trinajstić information content (AvgIpc) is 3.83. The Morgan fingerprint density at radius 3 is 2.67 bits per heavy atom. The van der Waals surface area contributed by atoms with Crippen molar-refractivity contribution in [3.63, 3.8) is 0 Å². The van der Waals surface area contributed by atoms with Crippen LogP contribution in [0.25, 0.3) is 28.2 Å². The van der Waals surface area contributed by atoms with Crippen molar-refractivity contribution in [1.82, 2.24) is 15.1 Å². The normalized spacial score (nSPS) is 21.7. The lowest BCUT2D eigenvalue weighted by Crippen LogP contribution is -2.23. The van der Waals surface area contributed by atoms with Gasteiger partial charge in [-0.2, -0.15) is 13.2 Å². The fraction of sp³-hybridized carbons (Fsp3) is 0.355. The van der Waals surface area contributed by atoms with Gasteiger partial charge in [0.15, 0.2) is 11.4 Å². The molecule has 0 bridgehead atoms. The molecule has 42 heavy (non-hydrogen) atoms. The van der Waals surface area contributed by atoms with Gasteiger partial charge >= 0.3 is 12.1 Å². The number of aromatic carboxylic acids is 1. The van der Waals surface area contributed by atoms with Crippen molar-refractivity contribution in [2.75, 3.05) is 24.6 Å². The van der Waals surface area contributed by atoms with E-state index in [2.05, 4.69) is 26.1 Å². The van der Waals surface area contributed by atoms with E-state index in [1.807, 2.05) is 31.2 Å². The minimum absolute atomic E-state index is 0.0604. The molecule has 4 heterocycles. The smallest absolute Gasteiger partial charge is 0.434 e. The van der Waals surface area contributed by atoms with Gasteiger partial charge in [0.2, 0.25) is 0 Å². The molecular weight excluding hydrogens is 549 g/mol. The number of nitrogens with zero attached hydrogens (tertiary/aromatic N) is 4. The van der Waals surface area contributed by atoms with Gasteiger partial charge in [0.25, 0.3) is 0 Å². The Morgan fingerprint density at radius 1 is 1.19 bits per heavy atom. The Balaban J connectivity index is 1.11. The van der Waals surface area contributed by atoms with Crippen molar-refractivity contribution < 1.29 is 32.3 Å². The summed E-state index contributed by atoms with van der Waals surface area (Å²) in [7, 11) is 0. The molecular formula is C31H27F3N4O4. The van der Waals surface area contributed by atoms with Crippen LogP contribution >= 0.6 is 0 Å². The number of carboxylic acids is 1. The van der Waals surface area contributed by atoms with E-state index in [1.54, 1.807) is 0 Å². The number of anilines is 1. The maximum Gasteiger partial charge on any atom is 0.434 e. The Kier molecular flexibility index (Phi) is 6.21. The largest absolute Gasteiger partial charge is 0.493 e. The molecule has 11 heteroatoms. The number of aromatic nitrogens is 3. The van der Waals surface area contributed by atoms with Crippen molar-refractivity contribution in [2.45, 2.75) is 31.9 Å². The summed E-state index contributed by atoms with van der Waals surface area (Å²) in [4.78, 5) is 21.6. The molecule has 1 N–H and O–H groups in total. The van der Waals surface area contributed by atoms with E-state index in [0.29, 0.717) is 47.0 Å². The molecule has 0 spiro atoms. The molecule has 216 valence electrons. The minimum Gasteiger partial charge on any atom is -0.493 e. The second-order valence-electron chi connectivity index (χ2n) is 11.1. The monoisotopic (exact) mass is 576 g/mol. The van der Waals surface area contributed by atoms with Crippen LogP contribution < -0.4 is 9.64 Å². The van der Waals surface area contributed by atoms with E-state index in [1.165, 1.54) is 18.2 Å². The van der Waals surface area contributed by atoms with Crippen molar-refractivity contribution in [3.8, 4) is 17.0 Å². The van der Waals surface area contributed by atoms with Crippen molar-refractivity contribution >= 4 is 28.6 Å². The SMILES string of the molecule is CCOc1cc(C(=O)O)nc2ccc(N3CC4C(C=Cc5c(-c6cccnc6C(F)(F)F)noc5C5CC5)C4C3)cc12. The number of carboxylic acid groups (broad SMARTS) is 1. The summed E-state index contributed by atoms with van der Waals surface area (Å²) in [5.74, 6) is 1.37. The van der Waals surface area contributed by atoms with E-state index in [4.69, 9.17) is 9.26 Å². The van der Waals surface area contributed by atoms with Gasteiger partial charge in [-0.3, -0.25) is 4.98 Å². The van der Waals surface area contributed by atoms with E-state index < -0.39 is 17.8 Å². The maximum absolute atomic E-state index is 13.7. The highest BCUT2D eigenvalue weighted by Gasteiger charge is 2.54. The van der Waals surface area contributed by atoms with E-state index in [0.717, 1.165) is 43.2 Å². The van der Waals surface area contributed by atoms with Gasteiger partial charge in [-0.25, -0.2) is 9.78 Å². The zero-order chi connectivity index (χ0) is 29.2. The minimum atomic E-state index is -4.60. The van der Waals surface area contributed by atoms with Gasteiger partial charge in [-0.05, 0) is 67.9 Å². The maximum atomic E-state index is 13.7. The van der Waals surface area contributed by atoms with Crippen LogP contribution in [0.2, 0.25) is 0 Å². The van der Waals surface area contributed by atoms with Gasteiger partial charge in [0.05, 0.1) is 12.1 Å². The first-order valence-corrected chi connectivity index (χ1v) is 14.0. The quantitative estimate of drug-likeness (QED) is 0.248. The predicted octanol–water partition coefficient (Wildman–Crippen LogP) is 6.67. The molecule has 2 saturated carbocycles. The summed E-state index contributed by atoms with van der Waals surface area (Å²) in [6.07, 6.45) is 2.40.